The molecule has 41 heavy (non-hydrogen) atoms. The molecule has 0 unspecified atom stereocenters. The van der Waals surface area contributed by atoms with Crippen molar-refractivity contribution >= 4 is 49.7 Å². The van der Waals surface area contributed by atoms with Gasteiger partial charge < -0.3 is 19.8 Å². The molecular formula is C36H62CaO4. The standard InChI is InChI=1S/2C18H32O2.Ca/c2*1-2-3-4-5-6-7-8-9-10-11-12-13-14-15-16-17-18(19)20;/h2*6-7,9-10H,2-5,8,11-17H2,1H3,(H,19,20);/q;;+2/p-2/b7-6+,10-9+;7-6-,10-9-;. The Morgan fingerprint density at radius 2 is 0.683 bits per heavy atom. The predicted octanol–water partition coefficient (Wildman–Crippen LogP) is 8.72. The van der Waals surface area contributed by atoms with Gasteiger partial charge in [0, 0.05) is 11.9 Å². The molecule has 0 aliphatic rings. The molecular weight excluding hydrogens is 536 g/mol. The molecule has 0 radical (unpaired) electrons. The first-order valence-corrected chi connectivity index (χ1v) is 16.5. The zero-order valence-corrected chi connectivity index (χ0v) is 29.1. The molecule has 0 aliphatic carbocycles. The number of aliphatic carboxylic acids is 2. The SMILES string of the molecule is CCCCC/C=C/C/C=C/CCCCCCCC(=O)[O-].CCCCC/C=C\C/C=C\CCCCCCCC(=O)[O-].[Ca+2]. The molecule has 0 aromatic heterocycles. The number of carbonyl (C=O) groups is 2. The van der Waals surface area contributed by atoms with E-state index >= 15 is 0 Å². The number of unbranched alkanes of at least 4 members (excludes halogenated alkanes) is 16. The van der Waals surface area contributed by atoms with Crippen LogP contribution in [0.25, 0.3) is 0 Å². The minimum absolute atomic E-state index is 0. The van der Waals surface area contributed by atoms with Gasteiger partial charge in [-0.15, -0.1) is 0 Å². The van der Waals surface area contributed by atoms with Crippen molar-refractivity contribution in [3.63, 3.8) is 0 Å². The van der Waals surface area contributed by atoms with E-state index in [9.17, 15) is 19.8 Å². The van der Waals surface area contributed by atoms with Crippen molar-refractivity contribution in [1.82, 2.24) is 0 Å². The number of carboxylic acid groups (broad SMARTS) is 2. The fourth-order valence-electron chi connectivity index (χ4n) is 4.16. The van der Waals surface area contributed by atoms with Crippen LogP contribution in [0, 0.1) is 0 Å². The van der Waals surface area contributed by atoms with Gasteiger partial charge >= 0.3 is 37.7 Å². The normalized spacial score (nSPS) is 11.4. The van der Waals surface area contributed by atoms with Crippen LogP contribution < -0.4 is 10.2 Å². The van der Waals surface area contributed by atoms with Crippen LogP contribution in [0.3, 0.4) is 0 Å². The van der Waals surface area contributed by atoms with Gasteiger partial charge in [-0.3, -0.25) is 0 Å². The predicted molar refractivity (Wildman–Crippen MR) is 174 cm³/mol. The molecule has 0 aliphatic heterocycles. The van der Waals surface area contributed by atoms with Gasteiger partial charge in [0.15, 0.2) is 0 Å². The summed E-state index contributed by atoms with van der Waals surface area (Å²) in [6, 6.07) is 0. The second kappa shape index (κ2) is 41.3. The fourth-order valence-corrected chi connectivity index (χ4v) is 4.16. The van der Waals surface area contributed by atoms with E-state index in [0.29, 0.717) is 0 Å². The van der Waals surface area contributed by atoms with Gasteiger partial charge in [0.1, 0.15) is 0 Å². The fraction of sp³-hybridized carbons (Fsp3) is 0.722. The zero-order valence-electron chi connectivity index (χ0n) is 26.9. The number of allylic oxidation sites excluding steroid dienone is 8. The van der Waals surface area contributed by atoms with Crippen LogP contribution in [0.5, 0.6) is 0 Å². The van der Waals surface area contributed by atoms with Gasteiger partial charge in [-0.1, -0.05) is 127 Å². The summed E-state index contributed by atoms with van der Waals surface area (Å²) in [6.07, 6.45) is 43.9. The maximum Gasteiger partial charge on any atom is 2.00 e. The molecule has 0 heterocycles. The van der Waals surface area contributed by atoms with Crippen molar-refractivity contribution in [2.75, 3.05) is 0 Å². The summed E-state index contributed by atoms with van der Waals surface area (Å²) in [5.74, 6) is -1.84. The Kier molecular flexibility index (Phi) is 44.9. The first-order valence-electron chi connectivity index (χ1n) is 16.5. The Balaban J connectivity index is -0.000000688. The van der Waals surface area contributed by atoms with Gasteiger partial charge in [-0.05, 0) is 89.9 Å². The minimum atomic E-state index is -0.921. The topological polar surface area (TPSA) is 80.3 Å². The Hall–Kier alpha value is -0.840. The molecule has 0 saturated carbocycles. The van der Waals surface area contributed by atoms with Crippen molar-refractivity contribution in [2.45, 2.75) is 168 Å². The monoisotopic (exact) mass is 598 g/mol. The van der Waals surface area contributed by atoms with Crippen molar-refractivity contribution < 1.29 is 19.8 Å². The number of hydrogen-bond acceptors (Lipinski definition) is 4. The first kappa shape index (κ1) is 44.6. The molecule has 0 atom stereocenters. The quantitative estimate of drug-likeness (QED) is 0.0512. The van der Waals surface area contributed by atoms with Gasteiger partial charge in [-0.2, -0.15) is 0 Å². The van der Waals surface area contributed by atoms with Gasteiger partial charge in [-0.25, -0.2) is 0 Å². The van der Waals surface area contributed by atoms with Crippen LogP contribution in [0.15, 0.2) is 48.6 Å². The Morgan fingerprint density at radius 1 is 0.415 bits per heavy atom. The molecule has 232 valence electrons. The second-order valence-electron chi connectivity index (χ2n) is 10.7. The number of carboxylic acids is 2. The molecule has 0 amide bonds. The summed E-state index contributed by atoms with van der Waals surface area (Å²) in [4.78, 5) is 20.4. The van der Waals surface area contributed by atoms with Crippen LogP contribution in [-0.4, -0.2) is 49.7 Å². The van der Waals surface area contributed by atoms with E-state index in [2.05, 4.69) is 62.5 Å². The molecule has 4 nitrogen and oxygen atoms in total. The molecule has 0 bridgehead atoms. The molecule has 0 N–H and O–H groups in total. The van der Waals surface area contributed by atoms with Crippen molar-refractivity contribution in [3.05, 3.63) is 48.6 Å². The van der Waals surface area contributed by atoms with Gasteiger partial charge in [0.25, 0.3) is 0 Å². The number of rotatable bonds is 28. The molecule has 0 aromatic rings. The summed E-state index contributed by atoms with van der Waals surface area (Å²) in [5.41, 5.74) is 0. The van der Waals surface area contributed by atoms with Crippen molar-refractivity contribution in [1.29, 1.82) is 0 Å². The summed E-state index contributed by atoms with van der Waals surface area (Å²) in [6.45, 7) is 4.46. The Morgan fingerprint density at radius 3 is 0.976 bits per heavy atom. The van der Waals surface area contributed by atoms with Crippen LogP contribution in [0.1, 0.15) is 168 Å². The Labute approximate surface area is 284 Å². The van der Waals surface area contributed by atoms with Crippen LogP contribution >= 0.6 is 0 Å². The van der Waals surface area contributed by atoms with Gasteiger partial charge in [0.05, 0.1) is 0 Å². The average molecular weight is 599 g/mol. The smallest absolute Gasteiger partial charge is 0.550 e. The maximum absolute atomic E-state index is 10.2. The molecule has 0 spiro atoms. The zero-order chi connectivity index (χ0) is 29.8. The summed E-state index contributed by atoms with van der Waals surface area (Å²) in [7, 11) is 0. The number of hydrogen-bond donors (Lipinski definition) is 0. The molecule has 5 heteroatoms. The van der Waals surface area contributed by atoms with E-state index in [1.165, 1.54) is 77.0 Å². The summed E-state index contributed by atoms with van der Waals surface area (Å²) in [5, 5.41) is 20.4. The van der Waals surface area contributed by atoms with Crippen LogP contribution in [0.2, 0.25) is 0 Å². The molecule has 0 saturated heterocycles. The Bertz CT molecular complexity index is 596. The molecule has 0 fully saturated rings. The van der Waals surface area contributed by atoms with E-state index in [0.717, 1.165) is 64.2 Å². The van der Waals surface area contributed by atoms with E-state index < -0.39 is 11.9 Å². The molecule has 0 aromatic carbocycles. The van der Waals surface area contributed by atoms with Gasteiger partial charge in [0.2, 0.25) is 0 Å². The molecule has 0 rings (SSSR count). The van der Waals surface area contributed by atoms with E-state index in [1.807, 2.05) is 0 Å². The van der Waals surface area contributed by atoms with E-state index in [1.54, 1.807) is 0 Å². The van der Waals surface area contributed by atoms with Crippen LogP contribution in [-0.2, 0) is 9.59 Å². The third kappa shape index (κ3) is 49.2. The average Bonchev–Trinajstić information content (AvgIpc) is 2.93. The largest absolute Gasteiger partial charge is 2.00 e. The summed E-state index contributed by atoms with van der Waals surface area (Å²) < 4.78 is 0. The van der Waals surface area contributed by atoms with Crippen molar-refractivity contribution in [3.8, 4) is 0 Å². The minimum Gasteiger partial charge on any atom is -0.550 e. The summed E-state index contributed by atoms with van der Waals surface area (Å²) >= 11 is 0. The van der Waals surface area contributed by atoms with E-state index in [-0.39, 0.29) is 50.6 Å². The third-order valence-corrected chi connectivity index (χ3v) is 6.66. The van der Waals surface area contributed by atoms with E-state index in [4.69, 9.17) is 0 Å². The third-order valence-electron chi connectivity index (χ3n) is 6.66. The van der Waals surface area contributed by atoms with Crippen molar-refractivity contribution in [2.24, 2.45) is 0 Å². The maximum atomic E-state index is 10.2. The first-order chi connectivity index (χ1) is 19.5. The number of carbonyl (C=O) groups excluding carboxylic acids is 2. The van der Waals surface area contributed by atoms with Crippen LogP contribution in [0.4, 0.5) is 0 Å². The second-order valence-corrected chi connectivity index (χ2v) is 10.7.